The Kier molecular flexibility index (Phi) is 3.45. The van der Waals surface area contributed by atoms with Crippen molar-refractivity contribution < 1.29 is 0 Å². The van der Waals surface area contributed by atoms with E-state index in [9.17, 15) is 0 Å². The predicted octanol–water partition coefficient (Wildman–Crippen LogP) is 2.77. The van der Waals surface area contributed by atoms with Crippen LogP contribution in [0, 0.1) is 11.8 Å². The minimum absolute atomic E-state index is 0.461. The van der Waals surface area contributed by atoms with Crippen molar-refractivity contribution in [3.05, 3.63) is 0 Å². The first kappa shape index (κ1) is 12.0. The van der Waals surface area contributed by atoms with Gasteiger partial charge < -0.3 is 5.73 Å². The molecule has 3 aliphatic rings. The fourth-order valence-corrected chi connectivity index (χ4v) is 4.68. The Bertz CT molecular complexity index is 266. The molecule has 2 N–H and O–H groups in total. The van der Waals surface area contributed by atoms with Gasteiger partial charge in [-0.2, -0.15) is 0 Å². The molecule has 5 atom stereocenters. The maximum Gasteiger partial charge on any atom is 0.0252 e. The average molecular weight is 236 g/mol. The van der Waals surface area contributed by atoms with Gasteiger partial charge in [-0.25, -0.2) is 0 Å². The molecule has 1 aliphatic heterocycles. The van der Waals surface area contributed by atoms with E-state index in [1.54, 1.807) is 0 Å². The van der Waals surface area contributed by atoms with Crippen LogP contribution in [0.25, 0.3) is 0 Å². The molecule has 3 fully saturated rings. The summed E-state index contributed by atoms with van der Waals surface area (Å²) in [6, 6.07) is 2.08. The van der Waals surface area contributed by atoms with Crippen LogP contribution in [0.2, 0.25) is 0 Å². The molecule has 2 bridgehead atoms. The van der Waals surface area contributed by atoms with E-state index >= 15 is 0 Å². The number of piperidine rings is 1. The van der Waals surface area contributed by atoms with Gasteiger partial charge in [0.2, 0.25) is 0 Å². The van der Waals surface area contributed by atoms with Crippen LogP contribution in [-0.4, -0.2) is 29.6 Å². The minimum atomic E-state index is 0.461. The zero-order chi connectivity index (χ0) is 11.8. The van der Waals surface area contributed by atoms with Crippen LogP contribution in [0.5, 0.6) is 0 Å². The standard InChI is InChI=1S/C15H28N2/c1-2-3-11-5-7-14(16)15(9-11)17-10-12-4-6-13(17)8-12/h11-15H,2-10,16H2,1H3. The Morgan fingerprint density at radius 2 is 2.00 bits per heavy atom. The number of nitrogens with zero attached hydrogens (tertiary/aromatic N) is 1. The molecule has 0 radical (unpaired) electrons. The fourth-order valence-electron chi connectivity index (χ4n) is 4.68. The highest BCUT2D eigenvalue weighted by Crippen LogP contribution is 2.42. The van der Waals surface area contributed by atoms with Crippen molar-refractivity contribution in [3.63, 3.8) is 0 Å². The van der Waals surface area contributed by atoms with E-state index in [1.807, 2.05) is 0 Å². The number of hydrogen-bond donors (Lipinski definition) is 1. The Balaban J connectivity index is 1.64. The van der Waals surface area contributed by atoms with Crippen molar-refractivity contribution in [1.29, 1.82) is 0 Å². The molecule has 0 amide bonds. The molecule has 2 nitrogen and oxygen atoms in total. The Morgan fingerprint density at radius 1 is 1.12 bits per heavy atom. The monoisotopic (exact) mass is 236 g/mol. The molecular formula is C15H28N2. The largest absolute Gasteiger partial charge is 0.326 e. The van der Waals surface area contributed by atoms with E-state index in [4.69, 9.17) is 5.73 Å². The number of nitrogens with two attached hydrogens (primary N) is 1. The smallest absolute Gasteiger partial charge is 0.0252 e. The highest BCUT2D eigenvalue weighted by Gasteiger charge is 2.43. The first-order valence-corrected chi connectivity index (χ1v) is 7.79. The molecule has 5 unspecified atom stereocenters. The average Bonchev–Trinajstić information content (AvgIpc) is 2.94. The van der Waals surface area contributed by atoms with E-state index in [0.29, 0.717) is 6.04 Å². The molecule has 1 heterocycles. The molecule has 0 aromatic carbocycles. The van der Waals surface area contributed by atoms with E-state index in [1.165, 1.54) is 57.9 Å². The van der Waals surface area contributed by atoms with Gasteiger partial charge in [0.15, 0.2) is 0 Å². The van der Waals surface area contributed by atoms with Crippen molar-refractivity contribution in [2.75, 3.05) is 6.54 Å². The van der Waals surface area contributed by atoms with Crippen molar-refractivity contribution >= 4 is 0 Å². The summed E-state index contributed by atoms with van der Waals surface area (Å²) in [7, 11) is 0. The summed E-state index contributed by atoms with van der Waals surface area (Å²) in [6.07, 6.45) is 11.2. The molecule has 98 valence electrons. The third-order valence-corrected chi connectivity index (χ3v) is 5.55. The SMILES string of the molecule is CCCC1CCC(N)C(N2CC3CCC2C3)C1. The van der Waals surface area contributed by atoms with Gasteiger partial charge >= 0.3 is 0 Å². The van der Waals surface area contributed by atoms with Crippen LogP contribution in [-0.2, 0) is 0 Å². The summed E-state index contributed by atoms with van der Waals surface area (Å²) < 4.78 is 0. The number of likely N-dealkylation sites (tertiary alicyclic amines) is 1. The second-order valence-electron chi connectivity index (χ2n) is 6.73. The van der Waals surface area contributed by atoms with Crippen molar-refractivity contribution in [2.45, 2.75) is 76.4 Å². The second kappa shape index (κ2) is 4.89. The lowest BCUT2D eigenvalue weighted by molar-refractivity contribution is 0.0804. The lowest BCUT2D eigenvalue weighted by atomic mass is 9.79. The fraction of sp³-hybridized carbons (Fsp3) is 1.00. The van der Waals surface area contributed by atoms with Crippen LogP contribution < -0.4 is 5.73 Å². The number of rotatable bonds is 3. The second-order valence-corrected chi connectivity index (χ2v) is 6.73. The van der Waals surface area contributed by atoms with E-state index in [2.05, 4.69) is 11.8 Å². The summed E-state index contributed by atoms with van der Waals surface area (Å²) in [5.41, 5.74) is 6.41. The topological polar surface area (TPSA) is 29.3 Å². The Morgan fingerprint density at radius 3 is 2.65 bits per heavy atom. The lowest BCUT2D eigenvalue weighted by Gasteiger charge is -2.43. The first-order chi connectivity index (χ1) is 8.28. The molecule has 17 heavy (non-hydrogen) atoms. The maximum atomic E-state index is 6.41. The molecule has 2 aliphatic carbocycles. The van der Waals surface area contributed by atoms with Gasteiger partial charge in [0.25, 0.3) is 0 Å². The molecule has 0 aromatic heterocycles. The molecule has 3 rings (SSSR count). The zero-order valence-corrected chi connectivity index (χ0v) is 11.3. The third-order valence-electron chi connectivity index (χ3n) is 5.55. The van der Waals surface area contributed by atoms with Gasteiger partial charge in [-0.15, -0.1) is 0 Å². The van der Waals surface area contributed by atoms with E-state index < -0.39 is 0 Å². The summed E-state index contributed by atoms with van der Waals surface area (Å²) >= 11 is 0. The van der Waals surface area contributed by atoms with Crippen molar-refractivity contribution in [2.24, 2.45) is 17.6 Å². The first-order valence-electron chi connectivity index (χ1n) is 7.79. The van der Waals surface area contributed by atoms with Crippen LogP contribution >= 0.6 is 0 Å². The lowest BCUT2D eigenvalue weighted by Crippen LogP contribution is -2.53. The number of fused-ring (bicyclic) bond motifs is 2. The molecule has 1 saturated heterocycles. The van der Waals surface area contributed by atoms with Gasteiger partial charge in [-0.1, -0.05) is 19.8 Å². The van der Waals surface area contributed by atoms with E-state index in [-0.39, 0.29) is 0 Å². The maximum absolute atomic E-state index is 6.41. The Hall–Kier alpha value is -0.0800. The summed E-state index contributed by atoms with van der Waals surface area (Å²) in [4.78, 5) is 2.81. The minimum Gasteiger partial charge on any atom is -0.326 e. The highest BCUT2D eigenvalue weighted by atomic mass is 15.2. The molecule has 2 saturated carbocycles. The summed E-state index contributed by atoms with van der Waals surface area (Å²) in [5, 5.41) is 0. The van der Waals surface area contributed by atoms with Crippen LogP contribution in [0.3, 0.4) is 0 Å². The zero-order valence-electron chi connectivity index (χ0n) is 11.3. The highest BCUT2D eigenvalue weighted by molar-refractivity contribution is 4.99. The molecule has 0 spiro atoms. The quantitative estimate of drug-likeness (QED) is 0.816. The summed E-state index contributed by atoms with van der Waals surface area (Å²) in [6.45, 7) is 3.68. The predicted molar refractivity (Wildman–Crippen MR) is 71.8 cm³/mol. The molecular weight excluding hydrogens is 208 g/mol. The van der Waals surface area contributed by atoms with Crippen molar-refractivity contribution in [1.82, 2.24) is 4.90 Å². The number of hydrogen-bond acceptors (Lipinski definition) is 2. The van der Waals surface area contributed by atoms with Gasteiger partial charge in [-0.3, -0.25) is 4.90 Å². The molecule has 2 heteroatoms. The van der Waals surface area contributed by atoms with Gasteiger partial charge in [0.1, 0.15) is 0 Å². The van der Waals surface area contributed by atoms with E-state index in [0.717, 1.165) is 23.9 Å². The van der Waals surface area contributed by atoms with Gasteiger partial charge in [0, 0.05) is 24.7 Å². The van der Waals surface area contributed by atoms with Gasteiger partial charge in [-0.05, 0) is 50.4 Å². The van der Waals surface area contributed by atoms with Crippen LogP contribution in [0.15, 0.2) is 0 Å². The normalized spacial score (nSPS) is 46.6. The van der Waals surface area contributed by atoms with Gasteiger partial charge in [0.05, 0.1) is 0 Å². The molecule has 0 aromatic rings. The van der Waals surface area contributed by atoms with Crippen LogP contribution in [0.1, 0.15) is 58.3 Å². The summed E-state index contributed by atoms with van der Waals surface area (Å²) in [5.74, 6) is 1.97. The van der Waals surface area contributed by atoms with Crippen molar-refractivity contribution in [3.8, 4) is 0 Å². The third kappa shape index (κ3) is 2.26. The Labute approximate surface area is 106 Å². The van der Waals surface area contributed by atoms with Crippen LogP contribution in [0.4, 0.5) is 0 Å².